The van der Waals surface area contributed by atoms with Crippen LogP contribution in [0.2, 0.25) is 0 Å². The number of rotatable bonds is 4. The van der Waals surface area contributed by atoms with Gasteiger partial charge in [-0.15, -0.1) is 0 Å². The van der Waals surface area contributed by atoms with Crippen molar-refractivity contribution in [3.05, 3.63) is 36.7 Å². The van der Waals surface area contributed by atoms with Gasteiger partial charge in [0.1, 0.15) is 5.75 Å². The lowest BCUT2D eigenvalue weighted by molar-refractivity contribution is 0.122. The molecule has 8 nitrogen and oxygen atoms in total. The monoisotopic (exact) mass is 338 g/mol. The standard InChI is InChI=1S/C17H18N6O2/c1-24-13-4-2-3-12(11-13)20-17-21-15-14(18-5-6-19-15)16(22-17)23-7-9-25-10-8-23/h2-6,11H,7-10H2,1H3,(H,19,20,21,22). The van der Waals surface area contributed by atoms with Gasteiger partial charge in [-0.2, -0.15) is 9.97 Å². The zero-order valence-corrected chi connectivity index (χ0v) is 13.8. The van der Waals surface area contributed by atoms with Gasteiger partial charge >= 0.3 is 0 Å². The first-order chi connectivity index (χ1) is 12.3. The van der Waals surface area contributed by atoms with Crippen LogP contribution in [0.3, 0.4) is 0 Å². The van der Waals surface area contributed by atoms with Crippen molar-refractivity contribution in [2.75, 3.05) is 43.6 Å². The zero-order valence-electron chi connectivity index (χ0n) is 13.8. The van der Waals surface area contributed by atoms with Crippen LogP contribution in [0, 0.1) is 0 Å². The SMILES string of the molecule is COc1cccc(Nc2nc(N3CCOCC3)c3nccnc3n2)c1. The molecule has 3 aromatic rings. The van der Waals surface area contributed by atoms with Crippen LogP contribution in [-0.2, 0) is 4.74 Å². The molecule has 4 rings (SSSR count). The number of nitrogens with one attached hydrogen (secondary N) is 1. The molecule has 0 aliphatic carbocycles. The number of aromatic nitrogens is 4. The molecule has 0 saturated carbocycles. The largest absolute Gasteiger partial charge is 0.497 e. The summed E-state index contributed by atoms with van der Waals surface area (Å²) in [6, 6.07) is 7.61. The summed E-state index contributed by atoms with van der Waals surface area (Å²) in [6.07, 6.45) is 3.29. The van der Waals surface area contributed by atoms with Crippen molar-refractivity contribution in [3.63, 3.8) is 0 Å². The second-order valence-corrected chi connectivity index (χ2v) is 5.56. The average molecular weight is 338 g/mol. The van der Waals surface area contributed by atoms with E-state index in [1.807, 2.05) is 24.3 Å². The van der Waals surface area contributed by atoms with Gasteiger partial charge in [0.05, 0.1) is 20.3 Å². The smallest absolute Gasteiger partial charge is 0.231 e. The van der Waals surface area contributed by atoms with Crippen LogP contribution in [0.5, 0.6) is 5.75 Å². The molecule has 1 saturated heterocycles. The van der Waals surface area contributed by atoms with E-state index in [0.717, 1.165) is 30.3 Å². The maximum Gasteiger partial charge on any atom is 0.231 e. The van der Waals surface area contributed by atoms with Gasteiger partial charge in [0, 0.05) is 37.2 Å². The fraction of sp³-hybridized carbons (Fsp3) is 0.294. The first-order valence-electron chi connectivity index (χ1n) is 8.06. The van der Waals surface area contributed by atoms with E-state index < -0.39 is 0 Å². The fourth-order valence-corrected chi connectivity index (χ4v) is 2.73. The van der Waals surface area contributed by atoms with Crippen molar-refractivity contribution in [2.45, 2.75) is 0 Å². The number of benzene rings is 1. The van der Waals surface area contributed by atoms with Crippen molar-refractivity contribution in [1.82, 2.24) is 19.9 Å². The average Bonchev–Trinajstić information content (AvgIpc) is 2.68. The van der Waals surface area contributed by atoms with E-state index in [9.17, 15) is 0 Å². The van der Waals surface area contributed by atoms with Crippen molar-refractivity contribution in [1.29, 1.82) is 0 Å². The molecule has 25 heavy (non-hydrogen) atoms. The Morgan fingerprint density at radius 1 is 1.12 bits per heavy atom. The molecule has 8 heteroatoms. The molecule has 1 fully saturated rings. The number of methoxy groups -OCH3 is 1. The summed E-state index contributed by atoms with van der Waals surface area (Å²) >= 11 is 0. The van der Waals surface area contributed by atoms with E-state index in [-0.39, 0.29) is 0 Å². The third-order valence-corrected chi connectivity index (χ3v) is 3.95. The predicted octanol–water partition coefficient (Wildman–Crippen LogP) is 2.01. The van der Waals surface area contributed by atoms with E-state index in [4.69, 9.17) is 9.47 Å². The summed E-state index contributed by atoms with van der Waals surface area (Å²) in [5, 5.41) is 3.22. The highest BCUT2D eigenvalue weighted by Crippen LogP contribution is 2.25. The fourth-order valence-electron chi connectivity index (χ4n) is 2.73. The van der Waals surface area contributed by atoms with Crippen LogP contribution in [0.25, 0.3) is 11.2 Å². The molecule has 2 aromatic heterocycles. The first kappa shape index (κ1) is 15.5. The lowest BCUT2D eigenvalue weighted by atomic mass is 10.3. The number of hydrogen-bond acceptors (Lipinski definition) is 8. The predicted molar refractivity (Wildman–Crippen MR) is 94.4 cm³/mol. The Morgan fingerprint density at radius 2 is 1.96 bits per heavy atom. The molecule has 3 heterocycles. The summed E-state index contributed by atoms with van der Waals surface area (Å²) in [6.45, 7) is 2.87. The highest BCUT2D eigenvalue weighted by molar-refractivity contribution is 5.84. The Labute approximate surface area is 144 Å². The van der Waals surface area contributed by atoms with E-state index in [0.29, 0.717) is 30.3 Å². The van der Waals surface area contributed by atoms with E-state index in [1.54, 1.807) is 19.5 Å². The molecule has 1 N–H and O–H groups in total. The van der Waals surface area contributed by atoms with Gasteiger partial charge in [0.2, 0.25) is 5.95 Å². The number of fused-ring (bicyclic) bond motifs is 1. The van der Waals surface area contributed by atoms with Crippen molar-refractivity contribution >= 4 is 28.6 Å². The normalized spacial score (nSPS) is 14.5. The number of ether oxygens (including phenoxy) is 2. The maximum atomic E-state index is 5.43. The quantitative estimate of drug-likeness (QED) is 0.773. The van der Waals surface area contributed by atoms with Gasteiger partial charge in [0.25, 0.3) is 0 Å². The van der Waals surface area contributed by atoms with E-state index in [1.165, 1.54) is 0 Å². The molecule has 0 unspecified atom stereocenters. The summed E-state index contributed by atoms with van der Waals surface area (Å²) in [7, 11) is 1.64. The Hall–Kier alpha value is -3.00. The molecule has 1 aromatic carbocycles. The number of morpholine rings is 1. The third kappa shape index (κ3) is 3.29. The minimum atomic E-state index is 0.475. The Morgan fingerprint density at radius 3 is 2.80 bits per heavy atom. The molecule has 0 radical (unpaired) electrons. The minimum absolute atomic E-state index is 0.475. The summed E-state index contributed by atoms with van der Waals surface area (Å²) in [4.78, 5) is 20.1. The third-order valence-electron chi connectivity index (χ3n) is 3.95. The minimum Gasteiger partial charge on any atom is -0.497 e. The molecule has 128 valence electrons. The Kier molecular flexibility index (Phi) is 4.26. The molecular formula is C17H18N6O2. The first-order valence-corrected chi connectivity index (χ1v) is 8.06. The van der Waals surface area contributed by atoms with Crippen LogP contribution >= 0.6 is 0 Å². The second-order valence-electron chi connectivity index (χ2n) is 5.56. The molecule has 0 amide bonds. The van der Waals surface area contributed by atoms with Gasteiger partial charge in [-0.25, -0.2) is 9.97 Å². The van der Waals surface area contributed by atoms with Gasteiger partial charge in [-0.05, 0) is 12.1 Å². The molecule has 0 spiro atoms. The molecule has 0 atom stereocenters. The molecule has 0 bridgehead atoms. The van der Waals surface area contributed by atoms with E-state index >= 15 is 0 Å². The van der Waals surface area contributed by atoms with Crippen molar-refractivity contribution in [3.8, 4) is 5.75 Å². The number of anilines is 3. The van der Waals surface area contributed by atoms with Crippen LogP contribution in [0.4, 0.5) is 17.5 Å². The molecule has 1 aliphatic heterocycles. The van der Waals surface area contributed by atoms with Gasteiger partial charge in [-0.1, -0.05) is 6.07 Å². The zero-order chi connectivity index (χ0) is 17.1. The highest BCUT2D eigenvalue weighted by Gasteiger charge is 2.18. The second kappa shape index (κ2) is 6.86. The van der Waals surface area contributed by atoms with Gasteiger partial charge < -0.3 is 19.7 Å². The molecular weight excluding hydrogens is 320 g/mol. The lowest BCUT2D eigenvalue weighted by Crippen LogP contribution is -2.37. The number of nitrogens with zero attached hydrogens (tertiary/aromatic N) is 5. The molecule has 1 aliphatic rings. The van der Waals surface area contributed by atoms with Crippen LogP contribution in [0.1, 0.15) is 0 Å². The number of hydrogen-bond donors (Lipinski definition) is 1. The van der Waals surface area contributed by atoms with Gasteiger partial charge in [0.15, 0.2) is 17.0 Å². The van der Waals surface area contributed by atoms with Crippen LogP contribution in [0.15, 0.2) is 36.7 Å². The summed E-state index contributed by atoms with van der Waals surface area (Å²) in [5.41, 5.74) is 2.10. The lowest BCUT2D eigenvalue weighted by Gasteiger charge is -2.28. The Bertz CT molecular complexity index is 882. The van der Waals surface area contributed by atoms with Crippen LogP contribution < -0.4 is 15.0 Å². The van der Waals surface area contributed by atoms with Crippen LogP contribution in [-0.4, -0.2) is 53.3 Å². The highest BCUT2D eigenvalue weighted by atomic mass is 16.5. The maximum absolute atomic E-state index is 5.43. The van der Waals surface area contributed by atoms with E-state index in [2.05, 4.69) is 30.2 Å². The topological polar surface area (TPSA) is 85.3 Å². The Balaban J connectivity index is 1.73. The van der Waals surface area contributed by atoms with Crippen molar-refractivity contribution < 1.29 is 9.47 Å². The summed E-state index contributed by atoms with van der Waals surface area (Å²) < 4.78 is 10.7. The van der Waals surface area contributed by atoms with Crippen molar-refractivity contribution in [2.24, 2.45) is 0 Å². The summed E-state index contributed by atoms with van der Waals surface area (Å²) in [5.74, 6) is 2.01. The van der Waals surface area contributed by atoms with Gasteiger partial charge in [-0.3, -0.25) is 0 Å².